The molecule has 0 unspecified atom stereocenters. The first-order valence-electron chi connectivity index (χ1n) is 10.5. The Hall–Kier alpha value is -3.39. The van der Waals surface area contributed by atoms with Crippen LogP contribution in [0.2, 0.25) is 0 Å². The van der Waals surface area contributed by atoms with Crippen molar-refractivity contribution < 1.29 is 26.6 Å². The molecule has 1 amide bonds. The first-order chi connectivity index (χ1) is 16.4. The fourth-order valence-corrected chi connectivity index (χ4v) is 5.43. The maximum absolute atomic E-state index is 12.8. The molecule has 0 aliphatic carbocycles. The zero-order valence-corrected chi connectivity index (χ0v) is 20.5. The maximum atomic E-state index is 12.8. The van der Waals surface area contributed by atoms with E-state index in [4.69, 9.17) is 0 Å². The summed E-state index contributed by atoms with van der Waals surface area (Å²) >= 11 is 0. The van der Waals surface area contributed by atoms with Crippen LogP contribution in [0, 0.1) is 16.0 Å². The predicted octanol–water partition coefficient (Wildman–Crippen LogP) is 2.45. The van der Waals surface area contributed by atoms with Gasteiger partial charge in [-0.1, -0.05) is 50.2 Å². The molecule has 0 heterocycles. The van der Waals surface area contributed by atoms with Crippen LogP contribution in [0.25, 0.3) is 10.8 Å². The molecule has 0 fully saturated rings. The van der Waals surface area contributed by atoms with E-state index in [2.05, 4.69) is 10.1 Å². The molecular weight excluding hydrogens is 496 g/mol. The smallest absolute Gasteiger partial charge is 0.270 e. The average molecular weight is 521 g/mol. The van der Waals surface area contributed by atoms with Gasteiger partial charge in [0, 0.05) is 12.1 Å². The molecule has 0 aromatic heterocycles. The van der Waals surface area contributed by atoms with Crippen LogP contribution < -0.4 is 15.0 Å². The van der Waals surface area contributed by atoms with Crippen molar-refractivity contribution in [3.05, 3.63) is 76.8 Å². The number of hydrogen-bond acceptors (Lipinski definition) is 7. The number of fused-ring (bicyclic) bond motifs is 1. The monoisotopic (exact) mass is 520 g/mol. The summed E-state index contributed by atoms with van der Waals surface area (Å²) in [5.41, 5.74) is 1.64. The van der Waals surface area contributed by atoms with Gasteiger partial charge in [0.15, 0.2) is 0 Å². The van der Waals surface area contributed by atoms with Gasteiger partial charge >= 0.3 is 0 Å². The van der Waals surface area contributed by atoms with Crippen LogP contribution in [-0.2, 0) is 24.8 Å². The first-order valence-corrected chi connectivity index (χ1v) is 13.4. The molecule has 3 aromatic carbocycles. The van der Waals surface area contributed by atoms with Gasteiger partial charge in [0.1, 0.15) is 6.04 Å². The molecule has 0 aliphatic heterocycles. The summed E-state index contributed by atoms with van der Waals surface area (Å²) in [7, 11) is -8.48. The van der Waals surface area contributed by atoms with E-state index < -0.39 is 47.5 Å². The third kappa shape index (κ3) is 6.60. The van der Waals surface area contributed by atoms with E-state index in [-0.39, 0.29) is 17.2 Å². The van der Waals surface area contributed by atoms with Crippen molar-refractivity contribution in [2.45, 2.75) is 36.1 Å². The molecule has 3 aromatic rings. The van der Waals surface area contributed by atoms with E-state index in [1.54, 1.807) is 32.0 Å². The van der Waals surface area contributed by atoms with Gasteiger partial charge in [-0.3, -0.25) is 20.3 Å². The molecule has 13 heteroatoms. The van der Waals surface area contributed by atoms with Gasteiger partial charge in [-0.25, -0.2) is 16.8 Å². The van der Waals surface area contributed by atoms with Crippen LogP contribution in [0.3, 0.4) is 0 Å². The zero-order valence-electron chi connectivity index (χ0n) is 18.8. The molecule has 0 aliphatic rings. The summed E-state index contributed by atoms with van der Waals surface area (Å²) in [5, 5.41) is 12.5. The summed E-state index contributed by atoms with van der Waals surface area (Å²) in [6.07, 6.45) is 0.0394. The van der Waals surface area contributed by atoms with Crippen molar-refractivity contribution in [1.29, 1.82) is 0 Å². The number of non-ortho nitro benzene ring substituents is 1. The summed E-state index contributed by atoms with van der Waals surface area (Å²) < 4.78 is 53.2. The highest BCUT2D eigenvalue weighted by atomic mass is 32.2. The zero-order chi connectivity index (χ0) is 25.8. The fraction of sp³-hybridized carbons (Fsp3) is 0.227. The van der Waals surface area contributed by atoms with Crippen LogP contribution in [0.5, 0.6) is 0 Å². The van der Waals surface area contributed by atoms with Crippen LogP contribution in [-0.4, -0.2) is 33.7 Å². The highest BCUT2D eigenvalue weighted by molar-refractivity contribution is 7.89. The Morgan fingerprint density at radius 2 is 1.54 bits per heavy atom. The van der Waals surface area contributed by atoms with Gasteiger partial charge in [-0.15, -0.1) is 4.83 Å². The molecule has 186 valence electrons. The van der Waals surface area contributed by atoms with Crippen molar-refractivity contribution in [2.24, 2.45) is 5.92 Å². The van der Waals surface area contributed by atoms with E-state index in [1.165, 1.54) is 18.2 Å². The lowest BCUT2D eigenvalue weighted by Crippen LogP contribution is -2.52. The Morgan fingerprint density at radius 3 is 2.20 bits per heavy atom. The second kappa shape index (κ2) is 10.5. The molecule has 11 nitrogen and oxygen atoms in total. The lowest BCUT2D eigenvalue weighted by atomic mass is 10.0. The number of nitro benzene ring substituents is 1. The Kier molecular flexibility index (Phi) is 7.85. The second-order valence-electron chi connectivity index (χ2n) is 8.16. The number of hydrazine groups is 1. The largest absolute Gasteiger partial charge is 0.276 e. The number of nitro groups is 1. The Bertz CT molecular complexity index is 1470. The summed E-state index contributed by atoms with van der Waals surface area (Å²) in [6.45, 7) is 3.50. The number of benzene rings is 3. The minimum Gasteiger partial charge on any atom is -0.276 e. The van der Waals surface area contributed by atoms with E-state index in [0.717, 1.165) is 23.6 Å². The molecule has 3 N–H and O–H groups in total. The topological polar surface area (TPSA) is 165 Å². The number of hydrogen-bond donors (Lipinski definition) is 3. The first kappa shape index (κ1) is 26.2. The van der Waals surface area contributed by atoms with E-state index in [9.17, 15) is 31.7 Å². The van der Waals surface area contributed by atoms with Gasteiger partial charge in [0.2, 0.25) is 10.0 Å². The molecular formula is C22H24N4O7S2. The van der Waals surface area contributed by atoms with E-state index in [0.29, 0.717) is 5.39 Å². The molecule has 0 saturated carbocycles. The molecule has 0 saturated heterocycles. The summed E-state index contributed by atoms with van der Waals surface area (Å²) in [5.74, 6) is -1.08. The number of rotatable bonds is 10. The van der Waals surface area contributed by atoms with Crippen molar-refractivity contribution >= 4 is 42.4 Å². The minimum absolute atomic E-state index is 0.0394. The molecule has 0 radical (unpaired) electrons. The van der Waals surface area contributed by atoms with Crippen LogP contribution in [0.15, 0.2) is 76.5 Å². The maximum Gasteiger partial charge on any atom is 0.270 e. The third-order valence-electron chi connectivity index (χ3n) is 5.00. The Balaban J connectivity index is 1.78. The summed E-state index contributed by atoms with van der Waals surface area (Å²) in [6, 6.07) is 14.6. The Morgan fingerprint density at radius 1 is 0.886 bits per heavy atom. The van der Waals surface area contributed by atoms with Crippen LogP contribution in [0.4, 0.5) is 5.69 Å². The number of sulfonamides is 2. The second-order valence-corrected chi connectivity index (χ2v) is 11.6. The van der Waals surface area contributed by atoms with E-state index in [1.807, 2.05) is 17.0 Å². The van der Waals surface area contributed by atoms with Crippen molar-refractivity contribution in [3.8, 4) is 0 Å². The lowest BCUT2D eigenvalue weighted by molar-refractivity contribution is -0.385. The number of carbonyl (C=O) groups excluding carboxylic acids is 1. The molecule has 0 bridgehead atoms. The number of amides is 1. The normalized spacial score (nSPS) is 13.0. The molecule has 3 rings (SSSR count). The van der Waals surface area contributed by atoms with Gasteiger partial charge < -0.3 is 0 Å². The molecule has 1 atom stereocenters. The van der Waals surface area contributed by atoms with Crippen LogP contribution in [0.1, 0.15) is 20.3 Å². The van der Waals surface area contributed by atoms with Gasteiger partial charge in [-0.05, 0) is 41.3 Å². The highest BCUT2D eigenvalue weighted by Gasteiger charge is 2.28. The van der Waals surface area contributed by atoms with Crippen molar-refractivity contribution in [2.75, 3.05) is 0 Å². The SMILES string of the molecule is CC(C)C[C@H](NS(=O)(=O)c1cccc([N+](=O)[O-])c1)C(=O)NNS(=O)(=O)c1ccc2ccccc2c1. The minimum atomic E-state index is -4.33. The van der Waals surface area contributed by atoms with Crippen molar-refractivity contribution in [1.82, 2.24) is 15.0 Å². The van der Waals surface area contributed by atoms with Gasteiger partial charge in [0.05, 0.1) is 14.7 Å². The average Bonchev–Trinajstić information content (AvgIpc) is 2.81. The number of nitrogens with zero attached hydrogens (tertiary/aromatic N) is 1. The van der Waals surface area contributed by atoms with E-state index >= 15 is 0 Å². The Labute approximate surface area is 202 Å². The number of carbonyl (C=O) groups is 1. The highest BCUT2D eigenvalue weighted by Crippen LogP contribution is 2.20. The molecule has 35 heavy (non-hydrogen) atoms. The third-order valence-corrected chi connectivity index (χ3v) is 7.71. The van der Waals surface area contributed by atoms with Gasteiger partial charge in [0.25, 0.3) is 21.6 Å². The van der Waals surface area contributed by atoms with Crippen molar-refractivity contribution in [3.63, 3.8) is 0 Å². The molecule has 0 spiro atoms. The predicted molar refractivity (Wildman–Crippen MR) is 129 cm³/mol. The van der Waals surface area contributed by atoms with Crippen LogP contribution >= 0.6 is 0 Å². The summed E-state index contributed by atoms with van der Waals surface area (Å²) in [4.78, 5) is 24.5. The lowest BCUT2D eigenvalue weighted by Gasteiger charge is -2.20. The standard InChI is InChI=1S/C22H24N4O7S2/c1-15(2)12-21(24-34(30,31)19-9-5-8-18(14-19)26(28)29)22(27)23-25-35(32,33)20-11-10-16-6-3-4-7-17(16)13-20/h3-11,13-15,21,24-25H,12H2,1-2H3,(H,23,27)/t21-/m0/s1. The number of nitrogens with one attached hydrogen (secondary N) is 3. The van der Waals surface area contributed by atoms with Gasteiger partial charge in [-0.2, -0.15) is 4.72 Å². The quantitative estimate of drug-likeness (QED) is 0.273. The fourth-order valence-electron chi connectivity index (χ4n) is 3.30.